The predicted molar refractivity (Wildman–Crippen MR) is 67.4 cm³/mol. The fraction of sp³-hybridized carbons (Fsp3) is 0.0714. The van der Waals surface area contributed by atoms with Gasteiger partial charge in [-0.15, -0.1) is 13.2 Å². The smallest absolute Gasteiger partial charge is 0.406 e. The van der Waals surface area contributed by atoms with Crippen molar-refractivity contribution in [2.75, 3.05) is 5.73 Å². The van der Waals surface area contributed by atoms with Gasteiger partial charge in [-0.1, -0.05) is 30.3 Å². The number of carbonyl (C=O) groups is 1. The van der Waals surface area contributed by atoms with Crippen LogP contribution in [0.3, 0.4) is 0 Å². The number of carbonyl (C=O) groups excluding carboxylic acids is 1. The molecule has 104 valence electrons. The van der Waals surface area contributed by atoms with Gasteiger partial charge in [0.15, 0.2) is 5.78 Å². The Bertz CT molecular complexity index is 624. The quantitative estimate of drug-likeness (QED) is 0.693. The molecule has 0 aliphatic heterocycles. The highest BCUT2D eigenvalue weighted by Gasteiger charge is 2.31. The zero-order chi connectivity index (χ0) is 14.8. The monoisotopic (exact) mass is 281 g/mol. The van der Waals surface area contributed by atoms with Crippen molar-refractivity contribution < 1.29 is 22.7 Å². The van der Waals surface area contributed by atoms with E-state index in [0.29, 0.717) is 5.56 Å². The lowest BCUT2D eigenvalue weighted by Gasteiger charge is -2.11. The first-order valence-corrected chi connectivity index (χ1v) is 5.62. The maximum Gasteiger partial charge on any atom is 0.573 e. The average molecular weight is 281 g/mol. The summed E-state index contributed by atoms with van der Waals surface area (Å²) in [5.74, 6) is -0.818. The molecule has 3 nitrogen and oxygen atoms in total. The molecule has 0 radical (unpaired) electrons. The van der Waals surface area contributed by atoms with Gasteiger partial charge >= 0.3 is 6.36 Å². The number of nitrogens with two attached hydrogens (primary N) is 1. The minimum Gasteiger partial charge on any atom is -0.406 e. The molecule has 20 heavy (non-hydrogen) atoms. The summed E-state index contributed by atoms with van der Waals surface area (Å²) in [4.78, 5) is 12.1. The summed E-state index contributed by atoms with van der Waals surface area (Å²) in [6, 6.07) is 11.6. The minimum absolute atomic E-state index is 0.0689. The molecule has 0 unspecified atom stereocenters. The Labute approximate surface area is 112 Å². The molecule has 0 saturated carbocycles. The van der Waals surface area contributed by atoms with E-state index >= 15 is 0 Å². The van der Waals surface area contributed by atoms with E-state index in [2.05, 4.69) is 4.74 Å². The van der Waals surface area contributed by atoms with Gasteiger partial charge in [-0.05, 0) is 12.1 Å². The van der Waals surface area contributed by atoms with E-state index in [1.165, 1.54) is 6.07 Å². The highest BCUT2D eigenvalue weighted by Crippen LogP contribution is 2.27. The van der Waals surface area contributed by atoms with Gasteiger partial charge in [-0.2, -0.15) is 0 Å². The van der Waals surface area contributed by atoms with E-state index < -0.39 is 12.1 Å². The summed E-state index contributed by atoms with van der Waals surface area (Å²) in [6.45, 7) is 0. The number of halogens is 3. The first-order valence-electron chi connectivity index (χ1n) is 5.62. The van der Waals surface area contributed by atoms with Gasteiger partial charge in [0.05, 0.1) is 0 Å². The standard InChI is InChI=1S/C14H10F3NO2/c15-14(16,17)20-10-6-7-11(12(18)8-10)13(19)9-4-2-1-3-5-9/h1-8H,18H2. The molecule has 0 amide bonds. The van der Waals surface area contributed by atoms with Crippen LogP contribution in [-0.2, 0) is 0 Å². The van der Waals surface area contributed by atoms with E-state index in [-0.39, 0.29) is 17.0 Å². The van der Waals surface area contributed by atoms with Crippen LogP contribution in [-0.4, -0.2) is 12.1 Å². The number of anilines is 1. The number of rotatable bonds is 3. The van der Waals surface area contributed by atoms with Gasteiger partial charge in [0.2, 0.25) is 0 Å². The van der Waals surface area contributed by atoms with E-state index in [1.807, 2.05) is 0 Å². The van der Waals surface area contributed by atoms with Crippen molar-refractivity contribution in [2.24, 2.45) is 0 Å². The molecule has 0 atom stereocenters. The second-order valence-corrected chi connectivity index (χ2v) is 3.99. The molecule has 0 fully saturated rings. The molecule has 0 spiro atoms. The number of alkyl halides is 3. The highest BCUT2D eigenvalue weighted by molar-refractivity contribution is 6.12. The van der Waals surface area contributed by atoms with Crippen LogP contribution >= 0.6 is 0 Å². The molecule has 0 saturated heterocycles. The summed E-state index contributed by atoms with van der Waals surface area (Å²) in [5, 5.41) is 0. The summed E-state index contributed by atoms with van der Waals surface area (Å²) in [6.07, 6.45) is -4.79. The number of ether oxygens (including phenoxy) is 1. The van der Waals surface area contributed by atoms with E-state index in [9.17, 15) is 18.0 Å². The Balaban J connectivity index is 2.29. The van der Waals surface area contributed by atoms with Crippen LogP contribution in [0, 0.1) is 0 Å². The van der Waals surface area contributed by atoms with Gasteiger partial charge in [0.25, 0.3) is 0 Å². The molecule has 0 aromatic heterocycles. The topological polar surface area (TPSA) is 52.3 Å². The number of benzene rings is 2. The first kappa shape index (κ1) is 13.9. The minimum atomic E-state index is -4.79. The SMILES string of the molecule is Nc1cc(OC(F)(F)F)ccc1C(=O)c1ccccc1. The second kappa shape index (κ2) is 5.24. The van der Waals surface area contributed by atoms with E-state index in [4.69, 9.17) is 5.73 Å². The Hall–Kier alpha value is -2.50. The van der Waals surface area contributed by atoms with Crippen molar-refractivity contribution in [3.05, 3.63) is 59.7 Å². The molecular weight excluding hydrogens is 271 g/mol. The summed E-state index contributed by atoms with van der Waals surface area (Å²) >= 11 is 0. The number of ketones is 1. The average Bonchev–Trinajstić information content (AvgIpc) is 2.37. The molecule has 2 rings (SSSR count). The lowest BCUT2D eigenvalue weighted by Crippen LogP contribution is -2.17. The van der Waals surface area contributed by atoms with E-state index in [0.717, 1.165) is 12.1 Å². The van der Waals surface area contributed by atoms with Crippen molar-refractivity contribution in [3.8, 4) is 5.75 Å². The molecule has 6 heteroatoms. The van der Waals surface area contributed by atoms with Crippen molar-refractivity contribution in [2.45, 2.75) is 6.36 Å². The van der Waals surface area contributed by atoms with Crippen molar-refractivity contribution >= 4 is 11.5 Å². The predicted octanol–water partition coefficient (Wildman–Crippen LogP) is 3.40. The largest absolute Gasteiger partial charge is 0.573 e. The first-order chi connectivity index (χ1) is 9.37. The number of hydrogen-bond donors (Lipinski definition) is 1. The Morgan fingerprint density at radius 1 is 1.05 bits per heavy atom. The van der Waals surface area contributed by atoms with Crippen LogP contribution in [0.4, 0.5) is 18.9 Å². The lowest BCUT2D eigenvalue weighted by molar-refractivity contribution is -0.274. The van der Waals surface area contributed by atoms with Gasteiger partial charge in [0, 0.05) is 22.9 Å². The zero-order valence-electron chi connectivity index (χ0n) is 10.1. The molecular formula is C14H10F3NO2. The normalized spacial score (nSPS) is 11.2. The van der Waals surface area contributed by atoms with Gasteiger partial charge < -0.3 is 10.5 Å². The van der Waals surface area contributed by atoms with Crippen molar-refractivity contribution in [1.82, 2.24) is 0 Å². The van der Waals surface area contributed by atoms with Gasteiger partial charge in [-0.25, -0.2) is 0 Å². The zero-order valence-corrected chi connectivity index (χ0v) is 10.1. The fourth-order valence-corrected chi connectivity index (χ4v) is 1.69. The molecule has 2 aromatic carbocycles. The van der Waals surface area contributed by atoms with Crippen molar-refractivity contribution in [1.29, 1.82) is 0 Å². The molecule has 2 N–H and O–H groups in total. The van der Waals surface area contributed by atoms with Crippen LogP contribution in [0.25, 0.3) is 0 Å². The fourth-order valence-electron chi connectivity index (χ4n) is 1.69. The third-order valence-corrected chi connectivity index (χ3v) is 2.54. The molecule has 0 aliphatic rings. The molecule has 0 bridgehead atoms. The Morgan fingerprint density at radius 2 is 1.70 bits per heavy atom. The van der Waals surface area contributed by atoms with Gasteiger partial charge in [0.1, 0.15) is 5.75 Å². The highest BCUT2D eigenvalue weighted by atomic mass is 19.4. The third-order valence-electron chi connectivity index (χ3n) is 2.54. The van der Waals surface area contributed by atoms with Crippen LogP contribution in [0.2, 0.25) is 0 Å². The Morgan fingerprint density at radius 3 is 2.25 bits per heavy atom. The van der Waals surface area contributed by atoms with Crippen LogP contribution < -0.4 is 10.5 Å². The molecule has 0 heterocycles. The van der Waals surface area contributed by atoms with Crippen molar-refractivity contribution in [3.63, 3.8) is 0 Å². The maximum atomic E-state index is 12.1. The summed E-state index contributed by atoms with van der Waals surface area (Å²) < 4.78 is 39.9. The molecule has 0 aliphatic carbocycles. The van der Waals surface area contributed by atoms with E-state index in [1.54, 1.807) is 30.3 Å². The van der Waals surface area contributed by atoms with Crippen LogP contribution in [0.15, 0.2) is 48.5 Å². The second-order valence-electron chi connectivity index (χ2n) is 3.99. The number of nitrogen functional groups attached to an aromatic ring is 1. The summed E-state index contributed by atoms with van der Waals surface area (Å²) in [5.41, 5.74) is 6.08. The molecule has 2 aromatic rings. The summed E-state index contributed by atoms with van der Waals surface area (Å²) in [7, 11) is 0. The van der Waals surface area contributed by atoms with Crippen LogP contribution in [0.1, 0.15) is 15.9 Å². The Kier molecular flexibility index (Phi) is 3.65. The maximum absolute atomic E-state index is 12.1. The lowest BCUT2D eigenvalue weighted by atomic mass is 10.0. The van der Waals surface area contributed by atoms with Crippen LogP contribution in [0.5, 0.6) is 5.75 Å². The number of hydrogen-bond acceptors (Lipinski definition) is 3. The van der Waals surface area contributed by atoms with Gasteiger partial charge in [-0.3, -0.25) is 4.79 Å². The third kappa shape index (κ3) is 3.28.